The summed E-state index contributed by atoms with van der Waals surface area (Å²) in [7, 11) is -3.31. The molecule has 0 spiro atoms. The van der Waals surface area contributed by atoms with Crippen LogP contribution in [0, 0.1) is 0 Å². The van der Waals surface area contributed by atoms with E-state index >= 15 is 0 Å². The number of nitrogens with two attached hydrogens (primary N) is 1. The molecule has 0 aliphatic carbocycles. The van der Waals surface area contributed by atoms with Crippen LogP contribution in [0.3, 0.4) is 0 Å². The fourth-order valence-corrected chi connectivity index (χ4v) is 2.93. The van der Waals surface area contributed by atoms with Crippen molar-refractivity contribution in [3.8, 4) is 0 Å². The zero-order valence-electron chi connectivity index (χ0n) is 9.79. The van der Waals surface area contributed by atoms with Crippen molar-refractivity contribution in [1.29, 1.82) is 0 Å². The second-order valence-corrected chi connectivity index (χ2v) is 6.19. The third-order valence-corrected chi connectivity index (χ3v) is 4.49. The molecule has 1 atom stereocenters. The van der Waals surface area contributed by atoms with Gasteiger partial charge in [-0.1, -0.05) is 12.2 Å². The van der Waals surface area contributed by atoms with Gasteiger partial charge in [0.15, 0.2) is 0 Å². The number of thiocarbonyl (C=S) groups is 1. The van der Waals surface area contributed by atoms with Crippen LogP contribution in [0.15, 0.2) is 0 Å². The van der Waals surface area contributed by atoms with E-state index in [0.29, 0.717) is 19.8 Å². The fraction of sp³-hybridized carbons (Fsp3) is 0.889. The molecule has 1 heterocycles. The van der Waals surface area contributed by atoms with Crippen LogP contribution in [-0.2, 0) is 19.5 Å². The first kappa shape index (κ1) is 14.8. The molecule has 1 aliphatic rings. The Morgan fingerprint density at radius 1 is 1.65 bits per heavy atom. The van der Waals surface area contributed by atoms with Crippen molar-refractivity contribution in [2.24, 2.45) is 5.73 Å². The van der Waals surface area contributed by atoms with Crippen LogP contribution in [-0.4, -0.2) is 62.5 Å². The van der Waals surface area contributed by atoms with E-state index in [-0.39, 0.29) is 23.9 Å². The summed E-state index contributed by atoms with van der Waals surface area (Å²) < 4.78 is 35.6. The summed E-state index contributed by atoms with van der Waals surface area (Å²) in [6, 6.07) is 0. The molecule has 0 radical (unpaired) electrons. The van der Waals surface area contributed by atoms with E-state index in [1.807, 2.05) is 6.92 Å². The maximum Gasteiger partial charge on any atom is 0.216 e. The molecule has 6 nitrogen and oxygen atoms in total. The van der Waals surface area contributed by atoms with Gasteiger partial charge < -0.3 is 15.2 Å². The zero-order valence-corrected chi connectivity index (χ0v) is 11.4. The standard InChI is InChI=1S/C9H18N2O4S2/c1-2-14-5-6-17(12,13)11-3-4-15-8(7-11)9(10)16/h8H,2-7H2,1H3,(H2,10,16). The smallest absolute Gasteiger partial charge is 0.216 e. The highest BCUT2D eigenvalue weighted by atomic mass is 32.2. The van der Waals surface area contributed by atoms with Crippen LogP contribution in [0.2, 0.25) is 0 Å². The number of ether oxygens (including phenoxy) is 2. The first-order valence-corrected chi connectivity index (χ1v) is 7.45. The van der Waals surface area contributed by atoms with E-state index in [2.05, 4.69) is 0 Å². The van der Waals surface area contributed by atoms with Crippen molar-refractivity contribution >= 4 is 27.2 Å². The Morgan fingerprint density at radius 2 is 2.35 bits per heavy atom. The molecule has 8 heteroatoms. The summed E-state index contributed by atoms with van der Waals surface area (Å²) in [4.78, 5) is 0.190. The van der Waals surface area contributed by atoms with Gasteiger partial charge >= 0.3 is 0 Å². The zero-order chi connectivity index (χ0) is 12.9. The first-order chi connectivity index (χ1) is 7.97. The minimum absolute atomic E-state index is 0.0229. The summed E-state index contributed by atoms with van der Waals surface area (Å²) in [6.45, 7) is 3.39. The van der Waals surface area contributed by atoms with Gasteiger partial charge in [0.05, 0.1) is 19.0 Å². The number of morpholine rings is 1. The topological polar surface area (TPSA) is 81.9 Å². The summed E-state index contributed by atoms with van der Waals surface area (Å²) in [5.41, 5.74) is 5.45. The van der Waals surface area contributed by atoms with E-state index in [4.69, 9.17) is 27.4 Å². The Hall–Kier alpha value is -0.280. The highest BCUT2D eigenvalue weighted by molar-refractivity contribution is 7.89. The molecule has 1 aliphatic heterocycles. The van der Waals surface area contributed by atoms with Gasteiger partial charge in [-0.25, -0.2) is 8.42 Å². The third-order valence-electron chi connectivity index (χ3n) is 2.43. The maximum absolute atomic E-state index is 11.9. The SMILES string of the molecule is CCOCCS(=O)(=O)N1CCOC(C(N)=S)C1. The van der Waals surface area contributed by atoms with Gasteiger partial charge in [-0.05, 0) is 6.92 Å². The highest BCUT2D eigenvalue weighted by Gasteiger charge is 2.30. The van der Waals surface area contributed by atoms with Crippen molar-refractivity contribution in [2.75, 3.05) is 38.7 Å². The van der Waals surface area contributed by atoms with Crippen LogP contribution >= 0.6 is 12.2 Å². The van der Waals surface area contributed by atoms with E-state index in [0.717, 1.165) is 0 Å². The third kappa shape index (κ3) is 4.47. The molecule has 1 fully saturated rings. The van der Waals surface area contributed by atoms with Gasteiger partial charge in [-0.2, -0.15) is 4.31 Å². The highest BCUT2D eigenvalue weighted by Crippen LogP contribution is 2.11. The number of rotatable bonds is 6. The lowest BCUT2D eigenvalue weighted by Gasteiger charge is -2.31. The van der Waals surface area contributed by atoms with Crippen molar-refractivity contribution in [3.05, 3.63) is 0 Å². The first-order valence-electron chi connectivity index (χ1n) is 5.44. The van der Waals surface area contributed by atoms with Gasteiger partial charge in [0.2, 0.25) is 10.0 Å². The molecular weight excluding hydrogens is 264 g/mol. The normalized spacial score (nSPS) is 22.5. The maximum atomic E-state index is 11.9. The Kier molecular flexibility index (Phi) is 5.74. The van der Waals surface area contributed by atoms with Gasteiger partial charge in [0, 0.05) is 19.7 Å². The van der Waals surface area contributed by atoms with Gasteiger partial charge in [-0.15, -0.1) is 0 Å². The minimum Gasteiger partial charge on any atom is -0.391 e. The summed E-state index contributed by atoms with van der Waals surface area (Å²) in [5, 5.41) is 0. The molecular formula is C9H18N2O4S2. The van der Waals surface area contributed by atoms with Crippen LogP contribution < -0.4 is 5.73 Å². The Balaban J connectivity index is 2.55. The monoisotopic (exact) mass is 282 g/mol. The second-order valence-electron chi connectivity index (χ2n) is 3.63. The molecule has 1 saturated heterocycles. The average Bonchev–Trinajstić information content (AvgIpc) is 2.29. The lowest BCUT2D eigenvalue weighted by molar-refractivity contribution is 0.0383. The number of nitrogens with zero attached hydrogens (tertiary/aromatic N) is 1. The Labute approximate surface area is 107 Å². The van der Waals surface area contributed by atoms with Crippen LogP contribution in [0.4, 0.5) is 0 Å². The van der Waals surface area contributed by atoms with Gasteiger partial charge in [0.25, 0.3) is 0 Å². The Bertz CT molecular complexity index is 358. The second kappa shape index (κ2) is 6.60. The summed E-state index contributed by atoms with van der Waals surface area (Å²) in [5.74, 6) is -0.0229. The molecule has 0 bridgehead atoms. The number of hydrogen-bond acceptors (Lipinski definition) is 5. The van der Waals surface area contributed by atoms with Crippen molar-refractivity contribution in [2.45, 2.75) is 13.0 Å². The number of hydrogen-bond donors (Lipinski definition) is 1. The van der Waals surface area contributed by atoms with Crippen LogP contribution in [0.5, 0.6) is 0 Å². The lowest BCUT2D eigenvalue weighted by Crippen LogP contribution is -2.50. The van der Waals surface area contributed by atoms with Crippen molar-refractivity contribution in [3.63, 3.8) is 0 Å². The summed E-state index contributed by atoms with van der Waals surface area (Å²) >= 11 is 4.80. The molecule has 0 aromatic heterocycles. The van der Waals surface area contributed by atoms with Crippen molar-refractivity contribution in [1.82, 2.24) is 4.31 Å². The molecule has 2 N–H and O–H groups in total. The molecule has 0 saturated carbocycles. The number of sulfonamides is 1. The molecule has 1 rings (SSSR count). The van der Waals surface area contributed by atoms with Crippen molar-refractivity contribution < 1.29 is 17.9 Å². The molecule has 100 valence electrons. The van der Waals surface area contributed by atoms with Gasteiger partial charge in [0.1, 0.15) is 11.1 Å². The van der Waals surface area contributed by atoms with E-state index in [1.54, 1.807) is 0 Å². The molecule has 0 aromatic rings. The summed E-state index contributed by atoms with van der Waals surface area (Å²) in [6.07, 6.45) is -0.486. The van der Waals surface area contributed by atoms with Crippen LogP contribution in [0.1, 0.15) is 6.92 Å². The molecule has 17 heavy (non-hydrogen) atoms. The predicted molar refractivity (Wildman–Crippen MR) is 68.4 cm³/mol. The Morgan fingerprint density at radius 3 is 2.94 bits per heavy atom. The minimum atomic E-state index is -3.31. The molecule has 1 unspecified atom stereocenters. The molecule has 0 aromatic carbocycles. The lowest BCUT2D eigenvalue weighted by atomic mass is 10.3. The van der Waals surface area contributed by atoms with E-state index < -0.39 is 16.1 Å². The van der Waals surface area contributed by atoms with E-state index in [1.165, 1.54) is 4.31 Å². The molecule has 0 amide bonds. The largest absolute Gasteiger partial charge is 0.391 e. The van der Waals surface area contributed by atoms with E-state index in [9.17, 15) is 8.42 Å². The van der Waals surface area contributed by atoms with Gasteiger partial charge in [-0.3, -0.25) is 0 Å². The van der Waals surface area contributed by atoms with Crippen LogP contribution in [0.25, 0.3) is 0 Å². The average molecular weight is 282 g/mol. The fourth-order valence-electron chi connectivity index (χ4n) is 1.49. The predicted octanol–water partition coefficient (Wildman–Crippen LogP) is -0.660. The quantitative estimate of drug-likeness (QED) is 0.514.